The van der Waals surface area contributed by atoms with Gasteiger partial charge in [-0.2, -0.15) is 0 Å². The Hall–Kier alpha value is -1.82. The molecule has 0 nitrogen and oxygen atoms in total. The summed E-state index contributed by atoms with van der Waals surface area (Å²) in [5.41, 5.74) is 7.06. The summed E-state index contributed by atoms with van der Waals surface area (Å²) in [6.45, 7) is 4.36. The normalized spacial score (nSPS) is 16.9. The van der Waals surface area contributed by atoms with E-state index in [0.717, 1.165) is 6.42 Å². The molecule has 0 fully saturated rings. The maximum atomic E-state index is 2.33. The molecule has 0 spiro atoms. The van der Waals surface area contributed by atoms with Gasteiger partial charge in [0.1, 0.15) is 0 Å². The highest BCUT2D eigenvalue weighted by molar-refractivity contribution is 5.68. The van der Waals surface area contributed by atoms with E-state index in [1.165, 1.54) is 27.8 Å². The lowest BCUT2D eigenvalue weighted by atomic mass is 9.91. The van der Waals surface area contributed by atoms with E-state index in [9.17, 15) is 0 Å². The van der Waals surface area contributed by atoms with Crippen LogP contribution in [0, 0.1) is 6.92 Å². The van der Waals surface area contributed by atoms with E-state index < -0.39 is 0 Å². The summed E-state index contributed by atoms with van der Waals surface area (Å²) in [6, 6.07) is 15.6. The van der Waals surface area contributed by atoms with Gasteiger partial charge >= 0.3 is 0 Å². The molecular formula is C18H18. The van der Waals surface area contributed by atoms with Gasteiger partial charge in [-0.05, 0) is 35.6 Å². The molecule has 18 heavy (non-hydrogen) atoms. The summed E-state index contributed by atoms with van der Waals surface area (Å²) >= 11 is 0. The summed E-state index contributed by atoms with van der Waals surface area (Å²) in [5.74, 6) is 0.437. The molecule has 0 aromatic heterocycles. The molecule has 90 valence electrons. The topological polar surface area (TPSA) is 0 Å². The summed E-state index contributed by atoms with van der Waals surface area (Å²) in [4.78, 5) is 0. The Morgan fingerprint density at radius 2 is 1.78 bits per heavy atom. The van der Waals surface area contributed by atoms with Crippen molar-refractivity contribution < 1.29 is 0 Å². The average Bonchev–Trinajstić information content (AvgIpc) is 2.83. The Morgan fingerprint density at radius 3 is 2.50 bits per heavy atom. The van der Waals surface area contributed by atoms with Crippen molar-refractivity contribution in [2.45, 2.75) is 26.2 Å². The van der Waals surface area contributed by atoms with Crippen molar-refractivity contribution in [1.82, 2.24) is 0 Å². The first-order valence-corrected chi connectivity index (χ1v) is 6.66. The number of fused-ring (bicyclic) bond motifs is 1. The third kappa shape index (κ3) is 1.78. The highest BCUT2D eigenvalue weighted by Gasteiger charge is 2.20. The highest BCUT2D eigenvalue weighted by atomic mass is 14.2. The van der Waals surface area contributed by atoms with Crippen molar-refractivity contribution in [1.29, 1.82) is 0 Å². The second kappa shape index (κ2) is 4.45. The lowest BCUT2D eigenvalue weighted by Gasteiger charge is -2.13. The molecule has 1 aliphatic carbocycles. The number of hydrogen-bond donors (Lipinski definition) is 0. The monoisotopic (exact) mass is 234 g/mol. The van der Waals surface area contributed by atoms with E-state index in [1.54, 1.807) is 0 Å². The van der Waals surface area contributed by atoms with Crippen molar-refractivity contribution in [2.75, 3.05) is 0 Å². The maximum Gasteiger partial charge on any atom is 0.0278 e. The first-order chi connectivity index (χ1) is 8.79. The lowest BCUT2D eigenvalue weighted by molar-refractivity contribution is 1.03. The smallest absolute Gasteiger partial charge is 0.0278 e. The minimum atomic E-state index is 0.437. The molecule has 0 bridgehead atoms. The van der Waals surface area contributed by atoms with Gasteiger partial charge in [-0.3, -0.25) is 0 Å². The summed E-state index contributed by atoms with van der Waals surface area (Å²) in [5, 5.41) is 0. The van der Waals surface area contributed by atoms with E-state index in [1.807, 2.05) is 0 Å². The fourth-order valence-corrected chi connectivity index (χ4v) is 2.78. The Labute approximate surface area is 109 Å². The average molecular weight is 234 g/mol. The minimum Gasteiger partial charge on any atom is -0.0720 e. The van der Waals surface area contributed by atoms with Gasteiger partial charge in [0.15, 0.2) is 0 Å². The van der Waals surface area contributed by atoms with E-state index in [-0.39, 0.29) is 0 Å². The highest BCUT2D eigenvalue weighted by Crippen LogP contribution is 2.37. The van der Waals surface area contributed by atoms with Crippen LogP contribution in [0.5, 0.6) is 0 Å². The van der Waals surface area contributed by atoms with Crippen LogP contribution in [0.2, 0.25) is 0 Å². The van der Waals surface area contributed by atoms with E-state index in [2.05, 4.69) is 68.5 Å². The Bertz CT molecular complexity index is 588. The summed E-state index contributed by atoms with van der Waals surface area (Å²) in [6.07, 6.45) is 5.72. The fraction of sp³-hybridized carbons (Fsp3) is 0.222. The van der Waals surface area contributed by atoms with Gasteiger partial charge in [-0.1, -0.05) is 67.1 Å². The number of hydrogen-bond acceptors (Lipinski definition) is 0. The van der Waals surface area contributed by atoms with Crippen LogP contribution in [0.1, 0.15) is 40.7 Å². The molecule has 0 aliphatic heterocycles. The van der Waals surface area contributed by atoms with Gasteiger partial charge in [0.05, 0.1) is 0 Å². The number of allylic oxidation sites excluding steroid dienone is 1. The molecule has 1 aliphatic rings. The lowest BCUT2D eigenvalue weighted by Crippen LogP contribution is -1.97. The summed E-state index contributed by atoms with van der Waals surface area (Å²) in [7, 11) is 0. The molecule has 1 atom stereocenters. The quantitative estimate of drug-likeness (QED) is 0.705. The Kier molecular flexibility index (Phi) is 2.79. The van der Waals surface area contributed by atoms with E-state index in [4.69, 9.17) is 0 Å². The molecule has 2 aromatic rings. The van der Waals surface area contributed by atoms with Crippen LogP contribution in [0.3, 0.4) is 0 Å². The third-order valence-electron chi connectivity index (χ3n) is 3.84. The van der Waals surface area contributed by atoms with Gasteiger partial charge in [0, 0.05) is 5.92 Å². The van der Waals surface area contributed by atoms with E-state index in [0.29, 0.717) is 5.92 Å². The van der Waals surface area contributed by atoms with Crippen LogP contribution < -0.4 is 0 Å². The predicted molar refractivity (Wildman–Crippen MR) is 77.9 cm³/mol. The molecule has 3 rings (SSSR count). The van der Waals surface area contributed by atoms with Gasteiger partial charge in [-0.15, -0.1) is 0 Å². The van der Waals surface area contributed by atoms with Crippen LogP contribution in [0.25, 0.3) is 6.08 Å². The van der Waals surface area contributed by atoms with Gasteiger partial charge < -0.3 is 0 Å². The van der Waals surface area contributed by atoms with Crippen molar-refractivity contribution in [3.05, 3.63) is 76.4 Å². The minimum absolute atomic E-state index is 0.437. The number of aryl methyl sites for hydroxylation is 2. The molecule has 0 saturated carbocycles. The molecule has 1 unspecified atom stereocenters. The molecule has 0 heteroatoms. The van der Waals surface area contributed by atoms with Crippen LogP contribution in [-0.2, 0) is 6.42 Å². The van der Waals surface area contributed by atoms with Crippen LogP contribution >= 0.6 is 0 Å². The number of benzene rings is 2. The zero-order valence-electron chi connectivity index (χ0n) is 11.0. The second-order valence-electron chi connectivity index (χ2n) is 5.02. The third-order valence-corrected chi connectivity index (χ3v) is 3.84. The van der Waals surface area contributed by atoms with Gasteiger partial charge in [-0.25, -0.2) is 0 Å². The van der Waals surface area contributed by atoms with Crippen LogP contribution in [0.4, 0.5) is 0 Å². The van der Waals surface area contributed by atoms with Crippen molar-refractivity contribution in [3.8, 4) is 0 Å². The van der Waals surface area contributed by atoms with Crippen molar-refractivity contribution in [2.24, 2.45) is 0 Å². The molecule has 0 saturated heterocycles. The SMILES string of the molecule is CCc1cccc2c1C=CC2c1ccc(C)cc1. The zero-order valence-corrected chi connectivity index (χ0v) is 11.0. The van der Waals surface area contributed by atoms with Crippen molar-refractivity contribution in [3.63, 3.8) is 0 Å². The molecular weight excluding hydrogens is 216 g/mol. The Balaban J connectivity index is 2.05. The van der Waals surface area contributed by atoms with E-state index >= 15 is 0 Å². The van der Waals surface area contributed by atoms with Crippen LogP contribution in [-0.4, -0.2) is 0 Å². The first kappa shape index (κ1) is 11.3. The van der Waals surface area contributed by atoms with Crippen molar-refractivity contribution >= 4 is 6.08 Å². The Morgan fingerprint density at radius 1 is 1.00 bits per heavy atom. The molecule has 2 aromatic carbocycles. The second-order valence-corrected chi connectivity index (χ2v) is 5.02. The standard InChI is InChI=1S/C18H18/c1-3-14-5-4-6-18-16(14)11-12-17(18)15-9-7-13(2)8-10-15/h4-12,17H,3H2,1-2H3. The predicted octanol–water partition coefficient (Wildman–Crippen LogP) is 4.72. The molecule has 0 radical (unpaired) electrons. The molecule has 0 N–H and O–H groups in total. The maximum absolute atomic E-state index is 2.33. The van der Waals surface area contributed by atoms with Gasteiger partial charge in [0.25, 0.3) is 0 Å². The van der Waals surface area contributed by atoms with Crippen LogP contribution in [0.15, 0.2) is 48.5 Å². The fourth-order valence-electron chi connectivity index (χ4n) is 2.78. The van der Waals surface area contributed by atoms with Gasteiger partial charge in [0.2, 0.25) is 0 Å². The molecule has 0 heterocycles. The first-order valence-electron chi connectivity index (χ1n) is 6.66. The molecule has 0 amide bonds. The zero-order chi connectivity index (χ0) is 12.5. The summed E-state index contributed by atoms with van der Waals surface area (Å²) < 4.78 is 0. The largest absolute Gasteiger partial charge is 0.0720 e. The number of rotatable bonds is 2.